The minimum atomic E-state index is -1.82. The van der Waals surface area contributed by atoms with Crippen LogP contribution in [-0.2, 0) is 15.2 Å². The maximum Gasteiger partial charge on any atom is 0.414 e. The van der Waals surface area contributed by atoms with Gasteiger partial charge in [0, 0.05) is 12.0 Å². The van der Waals surface area contributed by atoms with Crippen LogP contribution in [-0.4, -0.2) is 39.8 Å². The number of fused-ring (bicyclic) bond motifs is 1. The van der Waals surface area contributed by atoms with E-state index in [4.69, 9.17) is 19.8 Å². The second-order valence-electron chi connectivity index (χ2n) is 6.10. The number of piperidine rings is 1. The normalized spacial score (nSPS) is 29.6. The van der Waals surface area contributed by atoms with Gasteiger partial charge in [0.1, 0.15) is 0 Å². The standard InChI is InChI=1S/C15H21NO.C2H2O4/c17-15(12-6-2-1-3-7-12)10-11-16-14-9-5-4-8-13(14)15;3-1(4)2(5)6/h1-3,6-7,13-14,16-17H,4-5,8-11H2;(H,3,4)(H,5,6)/t13?,14?,15-;/m1./s1. The molecule has 0 amide bonds. The van der Waals surface area contributed by atoms with Crippen LogP contribution >= 0.6 is 0 Å². The molecule has 0 bridgehead atoms. The topological polar surface area (TPSA) is 107 Å². The lowest BCUT2D eigenvalue weighted by Gasteiger charge is -2.48. The summed E-state index contributed by atoms with van der Waals surface area (Å²) in [6, 6.07) is 10.8. The van der Waals surface area contributed by atoms with E-state index in [2.05, 4.69) is 17.4 Å². The van der Waals surface area contributed by atoms with Gasteiger partial charge in [-0.3, -0.25) is 0 Å². The Hall–Kier alpha value is -1.92. The summed E-state index contributed by atoms with van der Waals surface area (Å²) >= 11 is 0. The summed E-state index contributed by atoms with van der Waals surface area (Å²) in [4.78, 5) is 18.2. The first-order valence-corrected chi connectivity index (χ1v) is 7.92. The highest BCUT2D eigenvalue weighted by molar-refractivity contribution is 6.27. The number of benzene rings is 1. The van der Waals surface area contributed by atoms with Crippen molar-refractivity contribution in [3.05, 3.63) is 35.9 Å². The molecule has 0 aromatic heterocycles. The van der Waals surface area contributed by atoms with Gasteiger partial charge in [-0.2, -0.15) is 0 Å². The van der Waals surface area contributed by atoms with Gasteiger partial charge in [0.2, 0.25) is 0 Å². The molecule has 1 aromatic carbocycles. The van der Waals surface area contributed by atoms with Gasteiger partial charge in [-0.1, -0.05) is 43.2 Å². The van der Waals surface area contributed by atoms with Gasteiger partial charge >= 0.3 is 11.9 Å². The summed E-state index contributed by atoms with van der Waals surface area (Å²) < 4.78 is 0. The highest BCUT2D eigenvalue weighted by Gasteiger charge is 2.45. The zero-order chi connectivity index (χ0) is 16.9. The zero-order valence-electron chi connectivity index (χ0n) is 12.9. The van der Waals surface area contributed by atoms with E-state index >= 15 is 0 Å². The van der Waals surface area contributed by atoms with Gasteiger partial charge < -0.3 is 20.6 Å². The monoisotopic (exact) mass is 321 g/mol. The molecule has 1 saturated carbocycles. The lowest BCUT2D eigenvalue weighted by atomic mass is 9.67. The maximum absolute atomic E-state index is 11.1. The van der Waals surface area contributed by atoms with E-state index in [1.54, 1.807) is 0 Å². The Kier molecular flexibility index (Phi) is 5.74. The van der Waals surface area contributed by atoms with Gasteiger partial charge in [0.05, 0.1) is 5.60 Å². The maximum atomic E-state index is 11.1. The van der Waals surface area contributed by atoms with Crippen LogP contribution in [0.1, 0.15) is 37.7 Å². The molecule has 3 atom stereocenters. The smallest absolute Gasteiger partial charge is 0.414 e. The van der Waals surface area contributed by atoms with Crippen LogP contribution in [0.3, 0.4) is 0 Å². The largest absolute Gasteiger partial charge is 0.473 e. The van der Waals surface area contributed by atoms with E-state index in [-0.39, 0.29) is 0 Å². The minimum Gasteiger partial charge on any atom is -0.473 e. The van der Waals surface area contributed by atoms with Crippen molar-refractivity contribution in [3.63, 3.8) is 0 Å². The number of hydrogen-bond donors (Lipinski definition) is 4. The predicted octanol–water partition coefficient (Wildman–Crippen LogP) is 1.58. The first-order chi connectivity index (χ1) is 10.9. The molecule has 2 unspecified atom stereocenters. The van der Waals surface area contributed by atoms with Crippen LogP contribution in [0.5, 0.6) is 0 Å². The number of hydrogen-bond acceptors (Lipinski definition) is 4. The zero-order valence-corrected chi connectivity index (χ0v) is 12.9. The number of carboxylic acids is 2. The van der Waals surface area contributed by atoms with E-state index in [1.165, 1.54) is 19.3 Å². The highest BCUT2D eigenvalue weighted by atomic mass is 16.4. The molecule has 1 aromatic rings. The summed E-state index contributed by atoms with van der Waals surface area (Å²) in [5.41, 5.74) is 0.510. The van der Waals surface area contributed by atoms with Crippen molar-refractivity contribution in [1.29, 1.82) is 0 Å². The van der Waals surface area contributed by atoms with Crippen LogP contribution < -0.4 is 5.32 Å². The lowest BCUT2D eigenvalue weighted by molar-refractivity contribution is -0.159. The molecule has 0 spiro atoms. The van der Waals surface area contributed by atoms with Gasteiger partial charge in [0.25, 0.3) is 0 Å². The first kappa shape index (κ1) is 17.4. The van der Waals surface area contributed by atoms with Crippen molar-refractivity contribution in [3.8, 4) is 0 Å². The van der Waals surface area contributed by atoms with Crippen LogP contribution in [0, 0.1) is 5.92 Å². The van der Waals surface area contributed by atoms with E-state index in [9.17, 15) is 5.11 Å². The lowest BCUT2D eigenvalue weighted by Crippen LogP contribution is -2.55. The Morgan fingerprint density at radius 2 is 1.65 bits per heavy atom. The molecule has 1 aliphatic carbocycles. The Labute approximate surface area is 135 Å². The second kappa shape index (κ2) is 7.57. The van der Waals surface area contributed by atoms with Crippen molar-refractivity contribution in [2.24, 2.45) is 5.92 Å². The molecule has 1 heterocycles. The third-order valence-corrected chi connectivity index (χ3v) is 4.75. The average Bonchev–Trinajstić information content (AvgIpc) is 2.57. The molecule has 2 aliphatic rings. The first-order valence-electron chi connectivity index (χ1n) is 7.92. The fourth-order valence-corrected chi connectivity index (χ4v) is 3.67. The Morgan fingerprint density at radius 1 is 1.04 bits per heavy atom. The molecule has 126 valence electrons. The van der Waals surface area contributed by atoms with Gasteiger partial charge in [-0.05, 0) is 31.4 Å². The number of aliphatic carboxylic acids is 2. The molecule has 6 nitrogen and oxygen atoms in total. The van der Waals surface area contributed by atoms with E-state index in [0.29, 0.717) is 12.0 Å². The Bertz CT molecular complexity index is 533. The summed E-state index contributed by atoms with van der Waals surface area (Å²) in [7, 11) is 0. The van der Waals surface area contributed by atoms with Crippen molar-refractivity contribution in [2.45, 2.75) is 43.7 Å². The predicted molar refractivity (Wildman–Crippen MR) is 84.0 cm³/mol. The molecule has 3 rings (SSSR count). The third-order valence-electron chi connectivity index (χ3n) is 4.75. The molecule has 6 heteroatoms. The third kappa shape index (κ3) is 4.09. The molecule has 0 radical (unpaired) electrons. The second-order valence-corrected chi connectivity index (χ2v) is 6.10. The summed E-state index contributed by atoms with van der Waals surface area (Å²) in [6.45, 7) is 0.937. The fraction of sp³-hybridized carbons (Fsp3) is 0.529. The number of carbonyl (C=O) groups is 2. The van der Waals surface area contributed by atoms with Gasteiger partial charge in [-0.25, -0.2) is 9.59 Å². The fourth-order valence-electron chi connectivity index (χ4n) is 3.67. The van der Waals surface area contributed by atoms with Crippen LogP contribution in [0.15, 0.2) is 30.3 Å². The molecule has 4 N–H and O–H groups in total. The van der Waals surface area contributed by atoms with E-state index in [1.807, 2.05) is 18.2 Å². The summed E-state index contributed by atoms with van der Waals surface area (Å²) in [6.07, 6.45) is 5.79. The van der Waals surface area contributed by atoms with E-state index in [0.717, 1.165) is 24.9 Å². The van der Waals surface area contributed by atoms with Gasteiger partial charge in [0.15, 0.2) is 0 Å². The molecule has 23 heavy (non-hydrogen) atoms. The average molecular weight is 321 g/mol. The van der Waals surface area contributed by atoms with Crippen LogP contribution in [0.2, 0.25) is 0 Å². The molecule has 1 saturated heterocycles. The van der Waals surface area contributed by atoms with E-state index < -0.39 is 17.5 Å². The number of rotatable bonds is 1. The quantitative estimate of drug-likeness (QED) is 0.585. The van der Waals surface area contributed by atoms with Crippen molar-refractivity contribution in [2.75, 3.05) is 6.54 Å². The molecule has 1 aliphatic heterocycles. The molecular weight excluding hydrogens is 298 g/mol. The Morgan fingerprint density at radius 3 is 2.26 bits per heavy atom. The highest BCUT2D eigenvalue weighted by Crippen LogP contribution is 2.43. The van der Waals surface area contributed by atoms with Crippen molar-refractivity contribution in [1.82, 2.24) is 5.32 Å². The SMILES string of the molecule is O=C(O)C(=O)O.O[C@@]1(c2ccccc2)CCNC2CCCCC21. The van der Waals surface area contributed by atoms with Gasteiger partial charge in [-0.15, -0.1) is 0 Å². The molecular formula is C17H23NO5. The van der Waals surface area contributed by atoms with Crippen molar-refractivity contribution < 1.29 is 24.9 Å². The molecule has 2 fully saturated rings. The number of carboxylic acid groups (broad SMARTS) is 2. The van der Waals surface area contributed by atoms with Crippen LogP contribution in [0.4, 0.5) is 0 Å². The van der Waals surface area contributed by atoms with Crippen molar-refractivity contribution >= 4 is 11.9 Å². The number of aliphatic hydroxyl groups is 1. The van der Waals surface area contributed by atoms with Crippen LogP contribution in [0.25, 0.3) is 0 Å². The Balaban J connectivity index is 0.000000277. The summed E-state index contributed by atoms with van der Waals surface area (Å²) in [5, 5.41) is 29.5. The summed E-state index contributed by atoms with van der Waals surface area (Å²) in [5.74, 6) is -3.25. The minimum absolute atomic E-state index is 0.396. The number of nitrogens with one attached hydrogen (secondary N) is 1.